The molecule has 0 aliphatic rings. The number of amides is 1. The SMILES string of the molecule is CN(C)C(C)(C)CNC(=O)CCS(=O)(=O)c1ccccc1Cl. The number of hydrogen-bond donors (Lipinski definition) is 1. The molecule has 7 heteroatoms. The van der Waals surface area contributed by atoms with Crippen molar-refractivity contribution >= 4 is 27.3 Å². The Morgan fingerprint density at radius 2 is 1.86 bits per heavy atom. The highest BCUT2D eigenvalue weighted by Gasteiger charge is 2.22. The van der Waals surface area contributed by atoms with Gasteiger partial charge < -0.3 is 10.2 Å². The minimum atomic E-state index is -3.56. The van der Waals surface area contributed by atoms with Crippen molar-refractivity contribution in [2.45, 2.75) is 30.7 Å². The molecule has 1 amide bonds. The third kappa shape index (κ3) is 5.26. The second-order valence-electron chi connectivity index (χ2n) is 5.98. The second-order valence-corrected chi connectivity index (χ2v) is 8.47. The van der Waals surface area contributed by atoms with Crippen molar-refractivity contribution < 1.29 is 13.2 Å². The fraction of sp³-hybridized carbons (Fsp3) is 0.533. The number of halogens is 1. The van der Waals surface area contributed by atoms with Gasteiger partial charge in [-0.15, -0.1) is 0 Å². The molecule has 0 spiro atoms. The van der Waals surface area contributed by atoms with E-state index < -0.39 is 9.84 Å². The van der Waals surface area contributed by atoms with E-state index in [2.05, 4.69) is 5.32 Å². The first-order valence-electron chi connectivity index (χ1n) is 6.98. The Hall–Kier alpha value is -1.11. The van der Waals surface area contributed by atoms with Gasteiger partial charge in [0.2, 0.25) is 5.91 Å². The van der Waals surface area contributed by atoms with E-state index in [-0.39, 0.29) is 33.5 Å². The van der Waals surface area contributed by atoms with Crippen molar-refractivity contribution in [2.24, 2.45) is 0 Å². The lowest BCUT2D eigenvalue weighted by molar-refractivity contribution is -0.121. The van der Waals surface area contributed by atoms with E-state index in [4.69, 9.17) is 11.6 Å². The summed E-state index contributed by atoms with van der Waals surface area (Å²) in [6, 6.07) is 6.24. The van der Waals surface area contributed by atoms with E-state index in [0.717, 1.165) is 0 Å². The number of sulfone groups is 1. The van der Waals surface area contributed by atoms with Gasteiger partial charge in [-0.25, -0.2) is 8.42 Å². The molecular formula is C15H23ClN2O3S. The molecule has 0 aliphatic carbocycles. The molecule has 0 atom stereocenters. The second kappa shape index (κ2) is 7.44. The van der Waals surface area contributed by atoms with Crippen molar-refractivity contribution in [1.29, 1.82) is 0 Å². The summed E-state index contributed by atoms with van der Waals surface area (Å²) in [5, 5.41) is 2.94. The van der Waals surface area contributed by atoms with Gasteiger partial charge in [0, 0.05) is 18.5 Å². The summed E-state index contributed by atoms with van der Waals surface area (Å²) in [6.07, 6.45) is -0.0862. The molecule has 0 aromatic heterocycles. The average molecular weight is 347 g/mol. The molecule has 0 aliphatic heterocycles. The molecule has 124 valence electrons. The van der Waals surface area contributed by atoms with Crippen LogP contribution in [0.4, 0.5) is 0 Å². The number of benzene rings is 1. The number of likely N-dealkylation sites (N-methyl/N-ethyl adjacent to an activating group) is 1. The smallest absolute Gasteiger partial charge is 0.221 e. The maximum Gasteiger partial charge on any atom is 0.221 e. The Morgan fingerprint density at radius 1 is 1.27 bits per heavy atom. The number of carbonyl (C=O) groups is 1. The average Bonchev–Trinajstić information content (AvgIpc) is 2.43. The summed E-state index contributed by atoms with van der Waals surface area (Å²) in [7, 11) is 0.290. The van der Waals surface area contributed by atoms with Gasteiger partial charge in [0.1, 0.15) is 0 Å². The van der Waals surface area contributed by atoms with E-state index in [9.17, 15) is 13.2 Å². The molecule has 1 N–H and O–H groups in total. The van der Waals surface area contributed by atoms with Crippen LogP contribution in [0.5, 0.6) is 0 Å². The molecule has 0 fully saturated rings. The number of rotatable bonds is 7. The molecule has 0 bridgehead atoms. The summed E-state index contributed by atoms with van der Waals surface area (Å²) >= 11 is 5.89. The summed E-state index contributed by atoms with van der Waals surface area (Å²) < 4.78 is 24.4. The van der Waals surface area contributed by atoms with Crippen LogP contribution in [0.1, 0.15) is 20.3 Å². The molecule has 1 aromatic carbocycles. The Morgan fingerprint density at radius 3 is 2.41 bits per heavy atom. The van der Waals surface area contributed by atoms with Crippen LogP contribution in [-0.4, -0.2) is 51.2 Å². The summed E-state index contributed by atoms with van der Waals surface area (Å²) in [6.45, 7) is 4.44. The van der Waals surface area contributed by atoms with Crippen LogP contribution < -0.4 is 5.32 Å². The molecule has 22 heavy (non-hydrogen) atoms. The zero-order chi connectivity index (χ0) is 17.0. The lowest BCUT2D eigenvalue weighted by Crippen LogP contribution is -2.48. The Bertz CT molecular complexity index is 627. The fourth-order valence-corrected chi connectivity index (χ4v) is 3.41. The lowest BCUT2D eigenvalue weighted by atomic mass is 10.0. The number of nitrogens with zero attached hydrogens (tertiary/aromatic N) is 1. The molecule has 1 rings (SSSR count). The summed E-state index contributed by atoms with van der Waals surface area (Å²) in [5.41, 5.74) is -0.197. The highest BCUT2D eigenvalue weighted by atomic mass is 35.5. The Kier molecular flexibility index (Phi) is 6.40. The van der Waals surface area contributed by atoms with Crippen molar-refractivity contribution in [1.82, 2.24) is 10.2 Å². The van der Waals surface area contributed by atoms with Crippen molar-refractivity contribution in [3.05, 3.63) is 29.3 Å². The molecule has 0 saturated heterocycles. The predicted octanol–water partition coefficient (Wildman–Crippen LogP) is 1.96. The van der Waals surface area contributed by atoms with Gasteiger partial charge in [0.05, 0.1) is 15.7 Å². The maximum atomic E-state index is 12.2. The maximum absolute atomic E-state index is 12.2. The van der Waals surface area contributed by atoms with Gasteiger partial charge in [-0.2, -0.15) is 0 Å². The highest BCUT2D eigenvalue weighted by Crippen LogP contribution is 2.22. The first-order chi connectivity index (χ1) is 10.1. The zero-order valence-corrected chi connectivity index (χ0v) is 15.0. The molecule has 0 radical (unpaired) electrons. The number of hydrogen-bond acceptors (Lipinski definition) is 4. The van der Waals surface area contributed by atoms with E-state index >= 15 is 0 Å². The van der Waals surface area contributed by atoms with Crippen LogP contribution in [0.15, 0.2) is 29.2 Å². The van der Waals surface area contributed by atoms with Crippen LogP contribution in [0, 0.1) is 0 Å². The first-order valence-corrected chi connectivity index (χ1v) is 9.01. The van der Waals surface area contributed by atoms with Crippen LogP contribution >= 0.6 is 11.6 Å². The van der Waals surface area contributed by atoms with Gasteiger partial charge in [-0.05, 0) is 40.1 Å². The molecule has 5 nitrogen and oxygen atoms in total. The largest absolute Gasteiger partial charge is 0.354 e. The molecule has 1 aromatic rings. The first kappa shape index (κ1) is 18.9. The third-order valence-electron chi connectivity index (χ3n) is 3.70. The zero-order valence-electron chi connectivity index (χ0n) is 13.4. The van der Waals surface area contributed by atoms with Crippen LogP contribution in [0.2, 0.25) is 5.02 Å². The van der Waals surface area contributed by atoms with Crippen molar-refractivity contribution in [3.8, 4) is 0 Å². The third-order valence-corrected chi connectivity index (χ3v) is 5.91. The molecule has 0 unspecified atom stereocenters. The van der Waals surface area contributed by atoms with Crippen LogP contribution in [-0.2, 0) is 14.6 Å². The van der Waals surface area contributed by atoms with Crippen molar-refractivity contribution in [2.75, 3.05) is 26.4 Å². The topological polar surface area (TPSA) is 66.5 Å². The van der Waals surface area contributed by atoms with Crippen LogP contribution in [0.3, 0.4) is 0 Å². The Balaban J connectivity index is 2.59. The van der Waals surface area contributed by atoms with Gasteiger partial charge in [-0.1, -0.05) is 23.7 Å². The Labute approximate surface area is 137 Å². The molecular weight excluding hydrogens is 324 g/mol. The lowest BCUT2D eigenvalue weighted by Gasteiger charge is -2.32. The summed E-state index contributed by atoms with van der Waals surface area (Å²) in [5.74, 6) is -0.545. The van der Waals surface area contributed by atoms with Crippen LogP contribution in [0.25, 0.3) is 0 Å². The van der Waals surface area contributed by atoms with Gasteiger partial charge >= 0.3 is 0 Å². The standard InChI is InChI=1S/C15H23ClN2O3S/c1-15(2,18(3)4)11-17-14(19)9-10-22(20,21)13-8-6-5-7-12(13)16/h5-8H,9-11H2,1-4H3,(H,17,19). The quantitative estimate of drug-likeness (QED) is 0.819. The van der Waals surface area contributed by atoms with E-state index in [1.807, 2.05) is 32.8 Å². The highest BCUT2D eigenvalue weighted by molar-refractivity contribution is 7.91. The van der Waals surface area contributed by atoms with Gasteiger partial charge in [0.15, 0.2) is 9.84 Å². The van der Waals surface area contributed by atoms with Crippen molar-refractivity contribution in [3.63, 3.8) is 0 Å². The van der Waals surface area contributed by atoms with E-state index in [0.29, 0.717) is 6.54 Å². The van der Waals surface area contributed by atoms with Gasteiger partial charge in [-0.3, -0.25) is 4.79 Å². The minimum Gasteiger partial charge on any atom is -0.354 e. The van der Waals surface area contributed by atoms with Gasteiger partial charge in [0.25, 0.3) is 0 Å². The van der Waals surface area contributed by atoms with E-state index in [1.165, 1.54) is 12.1 Å². The van der Waals surface area contributed by atoms with E-state index in [1.54, 1.807) is 12.1 Å². The summed E-state index contributed by atoms with van der Waals surface area (Å²) in [4.78, 5) is 13.9. The predicted molar refractivity (Wildman–Crippen MR) is 88.9 cm³/mol. The minimum absolute atomic E-state index is 0.0677. The fourth-order valence-electron chi connectivity index (χ4n) is 1.60. The number of carbonyl (C=O) groups excluding carboxylic acids is 1. The number of nitrogens with one attached hydrogen (secondary N) is 1. The molecule has 0 saturated carbocycles. The molecule has 0 heterocycles. The monoisotopic (exact) mass is 346 g/mol. The normalized spacial score (nSPS) is 12.5.